The van der Waals surface area contributed by atoms with Crippen LogP contribution in [-0.4, -0.2) is 27.3 Å². The topological polar surface area (TPSA) is 89.7 Å². The number of rotatable bonds is 1. The Morgan fingerprint density at radius 2 is 2.19 bits per heavy atom. The second-order valence-electron chi connectivity index (χ2n) is 3.40. The van der Waals surface area contributed by atoms with Crippen LogP contribution >= 0.6 is 0 Å². The predicted molar refractivity (Wildman–Crippen MR) is 60.2 cm³/mol. The average molecular weight is 215 g/mol. The molecule has 0 bridgehead atoms. The highest BCUT2D eigenvalue weighted by Gasteiger charge is 2.08. The molecule has 3 aromatic rings. The number of hydrogen-bond donors (Lipinski definition) is 2. The smallest absolute Gasteiger partial charge is 0.242 e. The van der Waals surface area contributed by atoms with Crippen LogP contribution in [0.25, 0.3) is 22.1 Å². The monoisotopic (exact) mass is 215 g/mol. The van der Waals surface area contributed by atoms with Gasteiger partial charge in [-0.15, -0.1) is 10.2 Å². The Bertz CT molecular complexity index is 675. The molecule has 0 amide bonds. The summed E-state index contributed by atoms with van der Waals surface area (Å²) in [6.07, 6.45) is 0. The summed E-state index contributed by atoms with van der Waals surface area (Å²) in [5, 5.41) is 8.69. The first-order chi connectivity index (χ1) is 7.78. The molecule has 0 aliphatic heterocycles. The zero-order valence-corrected chi connectivity index (χ0v) is 8.56. The molecule has 1 aromatic carbocycles. The van der Waals surface area contributed by atoms with E-state index in [1.54, 1.807) is 7.11 Å². The Morgan fingerprint density at radius 3 is 3.00 bits per heavy atom. The van der Waals surface area contributed by atoms with Gasteiger partial charge in [0.05, 0.1) is 7.11 Å². The fourth-order valence-electron chi connectivity index (χ4n) is 1.69. The van der Waals surface area contributed by atoms with Crippen LogP contribution in [0.15, 0.2) is 18.2 Å². The van der Waals surface area contributed by atoms with Crippen LogP contribution in [0.4, 0.5) is 5.95 Å². The summed E-state index contributed by atoms with van der Waals surface area (Å²) in [6.45, 7) is 0. The van der Waals surface area contributed by atoms with Gasteiger partial charge < -0.3 is 15.5 Å². The summed E-state index contributed by atoms with van der Waals surface area (Å²) in [6, 6.07) is 5.67. The first kappa shape index (κ1) is 8.90. The number of nitrogens with one attached hydrogen (secondary N) is 1. The minimum atomic E-state index is 0.158. The van der Waals surface area contributed by atoms with Crippen molar-refractivity contribution in [3.05, 3.63) is 18.2 Å². The molecule has 0 atom stereocenters. The number of nitrogen functional groups attached to an aromatic ring is 1. The Hall–Kier alpha value is -2.37. The van der Waals surface area contributed by atoms with Crippen molar-refractivity contribution in [2.75, 3.05) is 12.8 Å². The number of nitrogens with two attached hydrogens (primary N) is 1. The summed E-state index contributed by atoms with van der Waals surface area (Å²) < 4.78 is 5.16. The molecular weight excluding hydrogens is 206 g/mol. The summed E-state index contributed by atoms with van der Waals surface area (Å²) in [7, 11) is 1.62. The van der Waals surface area contributed by atoms with Crippen LogP contribution in [0.2, 0.25) is 0 Å². The van der Waals surface area contributed by atoms with Gasteiger partial charge in [0.15, 0.2) is 5.65 Å². The largest absolute Gasteiger partial charge is 0.497 e. The molecule has 0 fully saturated rings. The van der Waals surface area contributed by atoms with E-state index < -0.39 is 0 Å². The molecule has 0 radical (unpaired) electrons. The number of nitrogens with zero attached hydrogens (tertiary/aromatic N) is 3. The van der Waals surface area contributed by atoms with Gasteiger partial charge in [0.1, 0.15) is 11.3 Å². The molecule has 6 nitrogen and oxygen atoms in total. The van der Waals surface area contributed by atoms with Crippen molar-refractivity contribution in [1.29, 1.82) is 0 Å². The van der Waals surface area contributed by atoms with Gasteiger partial charge in [-0.3, -0.25) is 0 Å². The van der Waals surface area contributed by atoms with Crippen LogP contribution < -0.4 is 10.5 Å². The molecule has 0 aliphatic rings. The van der Waals surface area contributed by atoms with Crippen molar-refractivity contribution >= 4 is 28.0 Å². The standard InChI is InChI=1S/C10H9N5O/c1-16-5-2-3-7-6(4-5)8-9(12-7)13-10(11)15-14-8/h2-4H,1H3,(H3,11,12,13,15). The number of benzene rings is 1. The van der Waals surface area contributed by atoms with Gasteiger partial charge in [-0.25, -0.2) is 0 Å². The van der Waals surface area contributed by atoms with E-state index in [2.05, 4.69) is 20.2 Å². The van der Waals surface area contributed by atoms with Gasteiger partial charge in [0, 0.05) is 10.9 Å². The number of hydrogen-bond acceptors (Lipinski definition) is 5. The van der Waals surface area contributed by atoms with Crippen LogP contribution in [0.3, 0.4) is 0 Å². The predicted octanol–water partition coefficient (Wildman–Crippen LogP) is 1.10. The molecule has 0 aliphatic carbocycles. The van der Waals surface area contributed by atoms with Gasteiger partial charge in [-0.1, -0.05) is 0 Å². The lowest BCUT2D eigenvalue weighted by atomic mass is 10.2. The van der Waals surface area contributed by atoms with Crippen molar-refractivity contribution in [2.24, 2.45) is 0 Å². The minimum Gasteiger partial charge on any atom is -0.497 e. The van der Waals surface area contributed by atoms with Crippen LogP contribution in [-0.2, 0) is 0 Å². The highest BCUT2D eigenvalue weighted by atomic mass is 16.5. The average Bonchev–Trinajstić information content (AvgIpc) is 2.65. The molecule has 80 valence electrons. The third kappa shape index (κ3) is 1.16. The van der Waals surface area contributed by atoms with Crippen molar-refractivity contribution in [2.45, 2.75) is 0 Å². The van der Waals surface area contributed by atoms with Gasteiger partial charge >= 0.3 is 0 Å². The molecule has 16 heavy (non-hydrogen) atoms. The second kappa shape index (κ2) is 3.06. The third-order valence-corrected chi connectivity index (χ3v) is 2.44. The second-order valence-corrected chi connectivity index (χ2v) is 3.40. The number of anilines is 1. The lowest BCUT2D eigenvalue weighted by molar-refractivity contribution is 0.415. The maximum absolute atomic E-state index is 5.47. The molecule has 0 saturated carbocycles. The van der Waals surface area contributed by atoms with Gasteiger partial charge in [-0.05, 0) is 18.2 Å². The summed E-state index contributed by atoms with van der Waals surface area (Å²) in [4.78, 5) is 7.20. The van der Waals surface area contributed by atoms with Crippen molar-refractivity contribution < 1.29 is 4.74 Å². The van der Waals surface area contributed by atoms with E-state index in [9.17, 15) is 0 Å². The quantitative estimate of drug-likeness (QED) is 0.634. The molecule has 2 heterocycles. The molecule has 3 rings (SSSR count). The molecule has 3 N–H and O–H groups in total. The highest BCUT2D eigenvalue weighted by Crippen LogP contribution is 2.25. The Balaban J connectivity index is 2.42. The fourth-order valence-corrected chi connectivity index (χ4v) is 1.69. The van der Waals surface area contributed by atoms with E-state index >= 15 is 0 Å². The highest BCUT2D eigenvalue weighted by molar-refractivity contribution is 6.03. The molecular formula is C10H9N5O. The maximum atomic E-state index is 5.47. The minimum absolute atomic E-state index is 0.158. The molecule has 0 spiro atoms. The molecule has 2 aromatic heterocycles. The SMILES string of the molecule is COc1ccc2[nH]c3nc(N)nnc3c2c1. The van der Waals surface area contributed by atoms with E-state index in [0.29, 0.717) is 11.2 Å². The Labute approximate surface area is 90.4 Å². The zero-order chi connectivity index (χ0) is 11.1. The van der Waals surface area contributed by atoms with E-state index in [0.717, 1.165) is 16.7 Å². The third-order valence-electron chi connectivity index (χ3n) is 2.44. The molecule has 0 saturated heterocycles. The van der Waals surface area contributed by atoms with Crippen molar-refractivity contribution in [1.82, 2.24) is 20.2 Å². The van der Waals surface area contributed by atoms with E-state index in [4.69, 9.17) is 10.5 Å². The molecule has 0 unspecified atom stereocenters. The van der Waals surface area contributed by atoms with Crippen LogP contribution in [0, 0.1) is 0 Å². The van der Waals surface area contributed by atoms with Gasteiger partial charge in [-0.2, -0.15) is 4.98 Å². The van der Waals surface area contributed by atoms with Crippen LogP contribution in [0.1, 0.15) is 0 Å². The van der Waals surface area contributed by atoms with E-state index in [1.807, 2.05) is 18.2 Å². The number of ether oxygens (including phenoxy) is 1. The number of aromatic nitrogens is 4. The van der Waals surface area contributed by atoms with Crippen molar-refractivity contribution in [3.8, 4) is 5.75 Å². The summed E-state index contributed by atoms with van der Waals surface area (Å²) in [5.41, 5.74) is 7.74. The fraction of sp³-hybridized carbons (Fsp3) is 0.100. The first-order valence-corrected chi connectivity index (χ1v) is 4.73. The number of methoxy groups -OCH3 is 1. The van der Waals surface area contributed by atoms with Crippen LogP contribution in [0.5, 0.6) is 5.75 Å². The van der Waals surface area contributed by atoms with E-state index in [-0.39, 0.29) is 5.95 Å². The zero-order valence-electron chi connectivity index (χ0n) is 8.56. The van der Waals surface area contributed by atoms with Gasteiger partial charge in [0.2, 0.25) is 5.95 Å². The lowest BCUT2D eigenvalue weighted by Crippen LogP contribution is -1.96. The normalized spacial score (nSPS) is 11.1. The Kier molecular flexibility index (Phi) is 1.70. The summed E-state index contributed by atoms with van der Waals surface area (Å²) >= 11 is 0. The van der Waals surface area contributed by atoms with Gasteiger partial charge in [0.25, 0.3) is 0 Å². The number of fused-ring (bicyclic) bond motifs is 3. The summed E-state index contributed by atoms with van der Waals surface area (Å²) in [5.74, 6) is 0.929. The van der Waals surface area contributed by atoms with Crippen molar-refractivity contribution in [3.63, 3.8) is 0 Å². The lowest BCUT2D eigenvalue weighted by Gasteiger charge is -1.97. The first-order valence-electron chi connectivity index (χ1n) is 4.73. The van der Waals surface area contributed by atoms with E-state index in [1.165, 1.54) is 0 Å². The number of H-pyrrole nitrogens is 1. The molecule has 6 heteroatoms. The Morgan fingerprint density at radius 1 is 1.31 bits per heavy atom. The number of aromatic amines is 1. The maximum Gasteiger partial charge on any atom is 0.242 e.